The van der Waals surface area contributed by atoms with E-state index in [4.69, 9.17) is 10.00 Å². The summed E-state index contributed by atoms with van der Waals surface area (Å²) in [5.74, 6) is 0.861. The quantitative estimate of drug-likeness (QED) is 0.924. The van der Waals surface area contributed by atoms with Gasteiger partial charge in [-0.15, -0.1) is 0 Å². The molecule has 0 bridgehead atoms. The van der Waals surface area contributed by atoms with E-state index < -0.39 is 17.3 Å². The van der Waals surface area contributed by atoms with E-state index in [-0.39, 0.29) is 0 Å². The van der Waals surface area contributed by atoms with Gasteiger partial charge >= 0.3 is 6.18 Å². The third-order valence-electron chi connectivity index (χ3n) is 3.37. The molecule has 1 heterocycles. The third kappa shape index (κ3) is 3.64. The number of nitriles is 1. The van der Waals surface area contributed by atoms with Crippen LogP contribution in [0.15, 0.2) is 18.2 Å². The van der Waals surface area contributed by atoms with Crippen molar-refractivity contribution in [1.29, 1.82) is 5.26 Å². The Labute approximate surface area is 115 Å². The van der Waals surface area contributed by atoms with E-state index in [0.29, 0.717) is 18.3 Å². The van der Waals surface area contributed by atoms with Crippen molar-refractivity contribution in [2.24, 2.45) is 5.92 Å². The molecule has 1 unspecified atom stereocenters. The van der Waals surface area contributed by atoms with Crippen LogP contribution in [0.1, 0.15) is 24.0 Å². The van der Waals surface area contributed by atoms with Crippen molar-refractivity contribution in [1.82, 2.24) is 5.32 Å². The van der Waals surface area contributed by atoms with Crippen molar-refractivity contribution in [2.75, 3.05) is 19.7 Å². The standard InChI is InChI=1S/C14H15F3N2O/c15-14(16,17)13-2-1-12(7-11(13)8-18)20-6-4-10-3-5-19-9-10/h1-2,7,10,19H,3-6,9H2. The Kier molecular flexibility index (Phi) is 4.50. The second-order valence-corrected chi connectivity index (χ2v) is 4.81. The molecule has 0 radical (unpaired) electrons. The SMILES string of the molecule is N#Cc1cc(OCCC2CCNC2)ccc1C(F)(F)F. The van der Waals surface area contributed by atoms with E-state index in [0.717, 1.165) is 38.1 Å². The molecule has 0 amide bonds. The summed E-state index contributed by atoms with van der Waals surface area (Å²) in [6, 6.07) is 4.87. The summed E-state index contributed by atoms with van der Waals surface area (Å²) < 4.78 is 43.3. The summed E-state index contributed by atoms with van der Waals surface area (Å²) in [7, 11) is 0. The first kappa shape index (κ1) is 14.7. The lowest BCUT2D eigenvalue weighted by Gasteiger charge is -2.12. The molecule has 1 N–H and O–H groups in total. The van der Waals surface area contributed by atoms with Gasteiger partial charge in [-0.1, -0.05) is 0 Å². The Morgan fingerprint density at radius 3 is 2.80 bits per heavy atom. The lowest BCUT2D eigenvalue weighted by atomic mass is 10.1. The fourth-order valence-electron chi connectivity index (χ4n) is 2.26. The molecular weight excluding hydrogens is 269 g/mol. The first-order valence-corrected chi connectivity index (χ1v) is 6.45. The zero-order valence-electron chi connectivity index (χ0n) is 10.8. The van der Waals surface area contributed by atoms with Crippen LogP contribution in [0.25, 0.3) is 0 Å². The number of halogens is 3. The number of hydrogen-bond acceptors (Lipinski definition) is 3. The van der Waals surface area contributed by atoms with E-state index in [1.807, 2.05) is 0 Å². The highest BCUT2D eigenvalue weighted by Crippen LogP contribution is 2.33. The van der Waals surface area contributed by atoms with Crippen LogP contribution < -0.4 is 10.1 Å². The van der Waals surface area contributed by atoms with Crippen molar-refractivity contribution in [3.63, 3.8) is 0 Å². The Morgan fingerprint density at radius 2 is 2.20 bits per heavy atom. The van der Waals surface area contributed by atoms with Crippen molar-refractivity contribution in [3.05, 3.63) is 29.3 Å². The molecule has 20 heavy (non-hydrogen) atoms. The molecule has 1 aromatic rings. The van der Waals surface area contributed by atoms with Crippen LogP contribution in [0, 0.1) is 17.2 Å². The van der Waals surface area contributed by atoms with Crippen LogP contribution in [-0.4, -0.2) is 19.7 Å². The molecule has 1 saturated heterocycles. The van der Waals surface area contributed by atoms with Crippen LogP contribution in [0.3, 0.4) is 0 Å². The molecular formula is C14H15F3N2O. The largest absolute Gasteiger partial charge is 0.494 e. The predicted molar refractivity (Wildman–Crippen MR) is 67.2 cm³/mol. The Morgan fingerprint density at radius 1 is 1.40 bits per heavy atom. The van der Waals surface area contributed by atoms with E-state index in [1.165, 1.54) is 6.07 Å². The molecule has 0 spiro atoms. The van der Waals surface area contributed by atoms with Gasteiger partial charge in [-0.25, -0.2) is 0 Å². The minimum absolute atomic E-state index is 0.306. The van der Waals surface area contributed by atoms with Crippen LogP contribution in [0.2, 0.25) is 0 Å². The minimum Gasteiger partial charge on any atom is -0.494 e. The molecule has 2 rings (SSSR count). The van der Waals surface area contributed by atoms with Crippen LogP contribution in [-0.2, 0) is 6.18 Å². The number of ether oxygens (including phenoxy) is 1. The van der Waals surface area contributed by atoms with Crippen LogP contribution in [0.4, 0.5) is 13.2 Å². The Bertz CT molecular complexity index is 502. The Balaban J connectivity index is 1.97. The molecule has 0 aromatic heterocycles. The predicted octanol–water partition coefficient (Wildman–Crippen LogP) is 2.96. The number of rotatable bonds is 4. The van der Waals surface area contributed by atoms with Crippen molar-refractivity contribution < 1.29 is 17.9 Å². The average Bonchev–Trinajstić information content (AvgIpc) is 2.90. The molecule has 1 aliphatic heterocycles. The van der Waals surface area contributed by atoms with E-state index in [2.05, 4.69) is 5.32 Å². The maximum Gasteiger partial charge on any atom is 0.417 e. The second-order valence-electron chi connectivity index (χ2n) is 4.81. The van der Waals surface area contributed by atoms with Gasteiger partial charge in [0.15, 0.2) is 0 Å². The highest BCUT2D eigenvalue weighted by molar-refractivity contribution is 5.44. The van der Waals surface area contributed by atoms with Gasteiger partial charge in [0, 0.05) is 0 Å². The maximum absolute atomic E-state index is 12.6. The summed E-state index contributed by atoms with van der Waals surface area (Å²) >= 11 is 0. The zero-order valence-corrected chi connectivity index (χ0v) is 10.8. The molecule has 108 valence electrons. The van der Waals surface area contributed by atoms with E-state index in [1.54, 1.807) is 6.07 Å². The second kappa shape index (κ2) is 6.14. The highest BCUT2D eigenvalue weighted by Gasteiger charge is 2.33. The molecule has 1 aromatic carbocycles. The summed E-state index contributed by atoms with van der Waals surface area (Å²) in [6.07, 6.45) is -2.56. The van der Waals surface area contributed by atoms with Crippen LogP contribution in [0.5, 0.6) is 5.75 Å². The summed E-state index contributed by atoms with van der Waals surface area (Å²) in [4.78, 5) is 0. The Hall–Kier alpha value is -1.74. The van der Waals surface area contributed by atoms with Gasteiger partial charge in [0.2, 0.25) is 0 Å². The molecule has 6 heteroatoms. The maximum atomic E-state index is 12.6. The molecule has 1 fully saturated rings. The minimum atomic E-state index is -4.51. The molecule has 1 aliphatic rings. The molecule has 3 nitrogen and oxygen atoms in total. The summed E-state index contributed by atoms with van der Waals surface area (Å²) in [6.45, 7) is 2.41. The van der Waals surface area contributed by atoms with E-state index in [9.17, 15) is 13.2 Å². The van der Waals surface area contributed by atoms with Gasteiger partial charge in [-0.2, -0.15) is 18.4 Å². The topological polar surface area (TPSA) is 45.0 Å². The fourth-order valence-corrected chi connectivity index (χ4v) is 2.26. The first-order valence-electron chi connectivity index (χ1n) is 6.45. The number of benzene rings is 1. The van der Waals surface area contributed by atoms with Gasteiger partial charge in [0.05, 0.1) is 23.8 Å². The van der Waals surface area contributed by atoms with Crippen molar-refractivity contribution in [3.8, 4) is 11.8 Å². The number of hydrogen-bond donors (Lipinski definition) is 1. The van der Waals surface area contributed by atoms with Gasteiger partial charge in [0.25, 0.3) is 0 Å². The number of alkyl halides is 3. The lowest BCUT2D eigenvalue weighted by molar-refractivity contribution is -0.137. The van der Waals surface area contributed by atoms with E-state index >= 15 is 0 Å². The smallest absolute Gasteiger partial charge is 0.417 e. The zero-order chi connectivity index (χ0) is 14.6. The number of nitrogens with zero attached hydrogens (tertiary/aromatic N) is 1. The summed E-state index contributed by atoms with van der Waals surface area (Å²) in [5, 5.41) is 12.0. The lowest BCUT2D eigenvalue weighted by Crippen LogP contribution is -2.12. The monoisotopic (exact) mass is 284 g/mol. The van der Waals surface area contributed by atoms with Crippen molar-refractivity contribution in [2.45, 2.75) is 19.0 Å². The van der Waals surface area contributed by atoms with Crippen molar-refractivity contribution >= 4 is 0 Å². The first-order chi connectivity index (χ1) is 9.50. The molecule has 0 aliphatic carbocycles. The third-order valence-corrected chi connectivity index (χ3v) is 3.37. The van der Waals surface area contributed by atoms with Gasteiger partial charge in [-0.3, -0.25) is 0 Å². The highest BCUT2D eigenvalue weighted by atomic mass is 19.4. The van der Waals surface area contributed by atoms with Gasteiger partial charge < -0.3 is 10.1 Å². The normalized spacial score (nSPS) is 18.8. The van der Waals surface area contributed by atoms with Crippen LogP contribution >= 0.6 is 0 Å². The molecule has 1 atom stereocenters. The summed E-state index contributed by atoms with van der Waals surface area (Å²) in [5.41, 5.74) is -1.33. The fraction of sp³-hybridized carbons (Fsp3) is 0.500. The average molecular weight is 284 g/mol. The van der Waals surface area contributed by atoms with Gasteiger partial charge in [0.1, 0.15) is 5.75 Å². The molecule has 0 saturated carbocycles. The number of nitrogens with one attached hydrogen (secondary N) is 1. The van der Waals surface area contributed by atoms with Gasteiger partial charge in [-0.05, 0) is 50.0 Å².